The first-order chi connectivity index (χ1) is 16.5. The van der Waals surface area contributed by atoms with Crippen molar-refractivity contribution in [1.29, 1.82) is 0 Å². The number of hydrogen-bond donors (Lipinski definition) is 2. The van der Waals surface area contributed by atoms with E-state index in [1.807, 2.05) is 56.3 Å². The van der Waals surface area contributed by atoms with Gasteiger partial charge in [-0.3, -0.25) is 9.78 Å². The normalized spacial score (nSPS) is 10.1. The van der Waals surface area contributed by atoms with E-state index in [9.17, 15) is 9.59 Å². The summed E-state index contributed by atoms with van der Waals surface area (Å²) in [6, 6.07) is 20.1. The van der Waals surface area contributed by atoms with Crippen LogP contribution in [-0.4, -0.2) is 31.1 Å². The molecule has 7 heteroatoms. The molecule has 1 amide bonds. The number of nitrogens with zero attached hydrogens (tertiary/aromatic N) is 1. The summed E-state index contributed by atoms with van der Waals surface area (Å²) in [6.45, 7) is 4.00. The van der Waals surface area contributed by atoms with Crippen molar-refractivity contribution in [2.45, 2.75) is 13.8 Å². The third kappa shape index (κ3) is 4.99. The van der Waals surface area contributed by atoms with Crippen molar-refractivity contribution in [1.82, 2.24) is 4.98 Å². The molecule has 4 rings (SSSR count). The third-order valence-corrected chi connectivity index (χ3v) is 5.12. The Morgan fingerprint density at radius 1 is 0.941 bits per heavy atom. The van der Waals surface area contributed by atoms with Crippen molar-refractivity contribution >= 4 is 34.2 Å². The first kappa shape index (κ1) is 24.3. The van der Waals surface area contributed by atoms with Crippen molar-refractivity contribution in [3.8, 4) is 16.9 Å². The maximum atomic E-state index is 12.5. The fourth-order valence-corrected chi connectivity index (χ4v) is 3.49. The van der Waals surface area contributed by atoms with Crippen molar-refractivity contribution in [3.05, 3.63) is 84.1 Å². The summed E-state index contributed by atoms with van der Waals surface area (Å²) in [7, 11) is 2.91. The number of para-hydroxylation sites is 1. The van der Waals surface area contributed by atoms with Gasteiger partial charge in [-0.15, -0.1) is 0 Å². The van der Waals surface area contributed by atoms with E-state index in [-0.39, 0.29) is 0 Å². The van der Waals surface area contributed by atoms with Crippen LogP contribution in [0, 0.1) is 0 Å². The lowest BCUT2D eigenvalue weighted by Crippen LogP contribution is -2.10. The maximum Gasteiger partial charge on any atom is 0.341 e. The molecule has 34 heavy (non-hydrogen) atoms. The average Bonchev–Trinajstić information content (AvgIpc) is 2.89. The lowest BCUT2D eigenvalue weighted by Gasteiger charge is -2.16. The Bertz CT molecular complexity index is 1300. The van der Waals surface area contributed by atoms with Crippen molar-refractivity contribution in [2.75, 3.05) is 19.5 Å². The number of fused-ring (bicyclic) bond motifs is 1. The molecular weight excluding hydrogens is 430 g/mol. The number of benzene rings is 3. The number of amides is 1. The maximum absolute atomic E-state index is 12.5. The number of primary amides is 1. The van der Waals surface area contributed by atoms with Gasteiger partial charge in [0.15, 0.2) is 0 Å². The number of nitrogens with one attached hydrogen (secondary N) is 1. The quantitative estimate of drug-likeness (QED) is 0.367. The van der Waals surface area contributed by atoms with Gasteiger partial charge in [0.2, 0.25) is 5.91 Å². The highest BCUT2D eigenvalue weighted by molar-refractivity contribution is 6.07. The Morgan fingerprint density at radius 2 is 1.62 bits per heavy atom. The largest absolute Gasteiger partial charge is 0.496 e. The van der Waals surface area contributed by atoms with Crippen LogP contribution < -0.4 is 15.8 Å². The molecule has 0 radical (unpaired) electrons. The molecular formula is C27H27N3O4. The van der Waals surface area contributed by atoms with E-state index in [4.69, 9.17) is 15.2 Å². The standard InChI is InChI=1S/C25H21N3O4.C2H6/c1-31-22-13-21-19(12-18(22)15-8-10-16(11-9-15)24(26)29)23(20(14-27-21)25(30)32-2)28-17-6-4-3-5-7-17;1-2/h3-14H,1-2H3,(H2,26,29)(H,27,28);1-2H3. The van der Waals surface area contributed by atoms with Crippen LogP contribution >= 0.6 is 0 Å². The average molecular weight is 458 g/mol. The molecule has 0 bridgehead atoms. The van der Waals surface area contributed by atoms with Crippen LogP contribution in [0.25, 0.3) is 22.0 Å². The van der Waals surface area contributed by atoms with Gasteiger partial charge in [0.25, 0.3) is 0 Å². The highest BCUT2D eigenvalue weighted by Gasteiger charge is 2.19. The van der Waals surface area contributed by atoms with Gasteiger partial charge >= 0.3 is 5.97 Å². The second-order valence-electron chi connectivity index (χ2n) is 7.04. The molecule has 174 valence electrons. The fourth-order valence-electron chi connectivity index (χ4n) is 3.49. The SMILES string of the molecule is CC.COC(=O)c1cnc2cc(OC)c(-c3ccc(C(N)=O)cc3)cc2c1Nc1ccccc1. The zero-order chi connectivity index (χ0) is 24.7. The zero-order valence-electron chi connectivity index (χ0n) is 19.6. The number of esters is 1. The molecule has 7 nitrogen and oxygen atoms in total. The van der Waals surface area contributed by atoms with Crippen molar-refractivity contribution < 1.29 is 19.1 Å². The van der Waals surface area contributed by atoms with Crippen LogP contribution in [0.2, 0.25) is 0 Å². The number of pyridine rings is 1. The van der Waals surface area contributed by atoms with Crippen LogP contribution in [0.1, 0.15) is 34.6 Å². The van der Waals surface area contributed by atoms with Crippen LogP contribution in [0.15, 0.2) is 72.9 Å². The number of carbonyl (C=O) groups is 2. The lowest BCUT2D eigenvalue weighted by molar-refractivity contribution is 0.0601. The number of ether oxygens (including phenoxy) is 2. The monoisotopic (exact) mass is 457 g/mol. The van der Waals surface area contributed by atoms with E-state index < -0.39 is 11.9 Å². The Balaban J connectivity index is 0.00000158. The molecule has 3 N–H and O–H groups in total. The van der Waals surface area contributed by atoms with Gasteiger partial charge in [-0.05, 0) is 35.9 Å². The van der Waals surface area contributed by atoms with E-state index in [2.05, 4.69) is 10.3 Å². The second kappa shape index (κ2) is 11.0. The fraction of sp³-hybridized carbons (Fsp3) is 0.148. The topological polar surface area (TPSA) is 104 Å². The third-order valence-electron chi connectivity index (χ3n) is 5.12. The second-order valence-corrected chi connectivity index (χ2v) is 7.04. The minimum Gasteiger partial charge on any atom is -0.496 e. The predicted octanol–water partition coefficient (Wildman–Crippen LogP) is 5.57. The summed E-state index contributed by atoms with van der Waals surface area (Å²) in [5, 5.41) is 4.04. The smallest absolute Gasteiger partial charge is 0.341 e. The number of rotatable bonds is 6. The highest BCUT2D eigenvalue weighted by atomic mass is 16.5. The van der Waals surface area contributed by atoms with Gasteiger partial charge in [0.1, 0.15) is 11.3 Å². The van der Waals surface area contributed by atoms with E-state index in [0.717, 1.165) is 16.8 Å². The summed E-state index contributed by atoms with van der Waals surface area (Å²) < 4.78 is 10.6. The minimum absolute atomic E-state index is 0.309. The molecule has 0 saturated heterocycles. The lowest BCUT2D eigenvalue weighted by atomic mass is 9.98. The molecule has 1 heterocycles. The van der Waals surface area contributed by atoms with Gasteiger partial charge in [-0.2, -0.15) is 0 Å². The minimum atomic E-state index is -0.499. The van der Waals surface area contributed by atoms with Crippen LogP contribution in [0.3, 0.4) is 0 Å². The Hall–Kier alpha value is -4.39. The number of hydrogen-bond acceptors (Lipinski definition) is 6. The van der Waals surface area contributed by atoms with Gasteiger partial charge in [-0.1, -0.05) is 44.2 Å². The molecule has 4 aromatic rings. The summed E-state index contributed by atoms with van der Waals surface area (Å²) in [6.07, 6.45) is 1.49. The van der Waals surface area contributed by atoms with Crippen LogP contribution in [-0.2, 0) is 4.74 Å². The molecule has 0 fully saturated rings. The van der Waals surface area contributed by atoms with Crippen molar-refractivity contribution in [3.63, 3.8) is 0 Å². The molecule has 0 aliphatic heterocycles. The molecule has 0 aliphatic rings. The van der Waals surface area contributed by atoms with Crippen LogP contribution in [0.5, 0.6) is 5.75 Å². The number of methoxy groups -OCH3 is 2. The van der Waals surface area contributed by atoms with Crippen molar-refractivity contribution in [2.24, 2.45) is 5.73 Å². The first-order valence-corrected chi connectivity index (χ1v) is 10.8. The molecule has 0 unspecified atom stereocenters. The zero-order valence-corrected chi connectivity index (χ0v) is 19.6. The number of nitrogens with two attached hydrogens (primary N) is 1. The summed E-state index contributed by atoms with van der Waals surface area (Å²) >= 11 is 0. The van der Waals surface area contributed by atoms with Gasteiger partial charge in [0, 0.05) is 34.5 Å². The first-order valence-electron chi connectivity index (χ1n) is 10.8. The molecule has 0 saturated carbocycles. The number of carbonyl (C=O) groups excluding carboxylic acids is 2. The molecule has 0 atom stereocenters. The summed E-state index contributed by atoms with van der Waals surface area (Å²) in [5.41, 5.74) is 9.71. The van der Waals surface area contributed by atoms with E-state index >= 15 is 0 Å². The van der Waals surface area contributed by atoms with Gasteiger partial charge in [-0.25, -0.2) is 4.79 Å². The Morgan fingerprint density at radius 3 is 2.21 bits per heavy atom. The van der Waals surface area contributed by atoms with E-state index in [1.54, 1.807) is 31.4 Å². The number of anilines is 2. The molecule has 3 aromatic carbocycles. The molecule has 0 spiro atoms. The van der Waals surface area contributed by atoms with Gasteiger partial charge < -0.3 is 20.5 Å². The number of aromatic nitrogens is 1. The molecule has 0 aliphatic carbocycles. The van der Waals surface area contributed by atoms with Crippen LogP contribution in [0.4, 0.5) is 11.4 Å². The molecule has 1 aromatic heterocycles. The summed E-state index contributed by atoms with van der Waals surface area (Å²) in [4.78, 5) is 28.4. The summed E-state index contributed by atoms with van der Waals surface area (Å²) in [5.74, 6) is -0.391. The highest BCUT2D eigenvalue weighted by Crippen LogP contribution is 2.38. The Labute approximate surface area is 198 Å². The van der Waals surface area contributed by atoms with E-state index in [0.29, 0.717) is 33.5 Å². The predicted molar refractivity (Wildman–Crippen MR) is 135 cm³/mol. The van der Waals surface area contributed by atoms with Gasteiger partial charge in [0.05, 0.1) is 25.4 Å². The Kier molecular flexibility index (Phi) is 7.82. The van der Waals surface area contributed by atoms with E-state index in [1.165, 1.54) is 13.3 Å².